The molecule has 4 aromatic rings. The normalized spacial score (nSPS) is 15.0. The molecule has 27 heavy (non-hydrogen) atoms. The molecule has 0 saturated carbocycles. The molecule has 4 heterocycles. The Bertz CT molecular complexity index is 1110. The van der Waals surface area contributed by atoms with Crippen LogP contribution in [0.15, 0.2) is 42.9 Å². The first-order valence-corrected chi connectivity index (χ1v) is 9.70. The minimum Gasteiger partial charge on any atom is -0.345 e. The summed E-state index contributed by atoms with van der Waals surface area (Å²) in [7, 11) is 0. The number of thiazole rings is 1. The number of benzene rings is 1. The van der Waals surface area contributed by atoms with E-state index in [-0.39, 0.29) is 5.91 Å². The van der Waals surface area contributed by atoms with Gasteiger partial charge in [0, 0.05) is 38.6 Å². The zero-order valence-corrected chi connectivity index (χ0v) is 15.7. The van der Waals surface area contributed by atoms with Gasteiger partial charge in [-0.25, -0.2) is 14.5 Å². The maximum atomic E-state index is 12.9. The Morgan fingerprint density at radius 3 is 2.74 bits per heavy atom. The lowest BCUT2D eigenvalue weighted by molar-refractivity contribution is 0.0748. The van der Waals surface area contributed by atoms with Gasteiger partial charge in [-0.3, -0.25) is 4.79 Å². The third-order valence-corrected chi connectivity index (χ3v) is 5.93. The first-order valence-electron chi connectivity index (χ1n) is 8.89. The summed E-state index contributed by atoms with van der Waals surface area (Å²) in [5, 5.41) is 5.29. The van der Waals surface area contributed by atoms with Gasteiger partial charge in [-0.1, -0.05) is 23.5 Å². The lowest BCUT2D eigenvalue weighted by atomic mass is 10.2. The number of para-hydroxylation sites is 1. The van der Waals surface area contributed by atoms with Crippen molar-refractivity contribution < 1.29 is 4.79 Å². The summed E-state index contributed by atoms with van der Waals surface area (Å²) in [5.74, 6) is -0.00898. The third kappa shape index (κ3) is 2.82. The van der Waals surface area contributed by atoms with Gasteiger partial charge in [0.05, 0.1) is 16.4 Å². The molecular weight excluding hydrogens is 360 g/mol. The average molecular weight is 378 g/mol. The number of hydrogen-bond acceptors (Lipinski definition) is 6. The highest BCUT2D eigenvalue weighted by atomic mass is 32.1. The number of hydrogen-bond donors (Lipinski definition) is 0. The summed E-state index contributed by atoms with van der Waals surface area (Å²) in [6.45, 7) is 4.83. The standard InChI is InChI=1S/C19H18N6OS/c1-13-10-20-17-14(11-21-25(17)12-13)18(26)23-6-8-24(9-7-23)19-22-15-4-2-3-5-16(15)27-19/h2-5,10-12H,6-9H2,1H3. The maximum Gasteiger partial charge on any atom is 0.259 e. The van der Waals surface area contributed by atoms with Crippen LogP contribution in [0.25, 0.3) is 15.9 Å². The molecule has 0 N–H and O–H groups in total. The molecular formula is C19H18N6OS. The van der Waals surface area contributed by atoms with E-state index in [1.165, 1.54) is 4.70 Å². The Morgan fingerprint density at radius 1 is 1.11 bits per heavy atom. The first-order chi connectivity index (χ1) is 13.2. The summed E-state index contributed by atoms with van der Waals surface area (Å²) >= 11 is 1.70. The van der Waals surface area contributed by atoms with Crippen molar-refractivity contribution in [2.75, 3.05) is 31.1 Å². The predicted octanol–water partition coefficient (Wildman–Crippen LogP) is 2.61. The number of rotatable bonds is 2. The quantitative estimate of drug-likeness (QED) is 0.536. The monoisotopic (exact) mass is 378 g/mol. The molecule has 1 fully saturated rings. The van der Waals surface area contributed by atoms with Gasteiger partial charge in [0.2, 0.25) is 0 Å². The topological polar surface area (TPSA) is 66.6 Å². The van der Waals surface area contributed by atoms with Crippen molar-refractivity contribution in [3.8, 4) is 0 Å². The van der Waals surface area contributed by atoms with Crippen LogP contribution < -0.4 is 4.90 Å². The number of fused-ring (bicyclic) bond motifs is 2. The molecule has 0 atom stereocenters. The van der Waals surface area contributed by atoms with Crippen LogP contribution >= 0.6 is 11.3 Å². The molecule has 0 radical (unpaired) electrons. The second-order valence-electron chi connectivity index (χ2n) is 6.70. The van der Waals surface area contributed by atoms with E-state index in [4.69, 9.17) is 4.98 Å². The highest BCUT2D eigenvalue weighted by molar-refractivity contribution is 7.22. The fourth-order valence-electron chi connectivity index (χ4n) is 3.39. The Balaban J connectivity index is 1.32. The molecule has 1 aliphatic rings. The summed E-state index contributed by atoms with van der Waals surface area (Å²) < 4.78 is 2.86. The number of anilines is 1. The molecule has 0 bridgehead atoms. The smallest absolute Gasteiger partial charge is 0.259 e. The molecule has 5 rings (SSSR count). The van der Waals surface area contributed by atoms with Gasteiger partial charge in [0.15, 0.2) is 10.8 Å². The number of piperazine rings is 1. The largest absolute Gasteiger partial charge is 0.345 e. The lowest BCUT2D eigenvalue weighted by Gasteiger charge is -2.34. The Labute approximate surface area is 159 Å². The van der Waals surface area contributed by atoms with Crippen molar-refractivity contribution in [1.29, 1.82) is 0 Å². The van der Waals surface area contributed by atoms with E-state index in [9.17, 15) is 4.79 Å². The second-order valence-corrected chi connectivity index (χ2v) is 7.71. The number of aromatic nitrogens is 4. The van der Waals surface area contributed by atoms with E-state index in [1.54, 1.807) is 28.2 Å². The second kappa shape index (κ2) is 6.31. The minimum absolute atomic E-state index is 0.00898. The van der Waals surface area contributed by atoms with Gasteiger partial charge < -0.3 is 9.80 Å². The maximum absolute atomic E-state index is 12.9. The molecule has 1 aliphatic heterocycles. The predicted molar refractivity (Wildman–Crippen MR) is 105 cm³/mol. The van der Waals surface area contributed by atoms with Crippen LogP contribution in [0.3, 0.4) is 0 Å². The number of amides is 1. The van der Waals surface area contributed by atoms with Gasteiger partial charge in [0.25, 0.3) is 5.91 Å². The van der Waals surface area contributed by atoms with E-state index in [0.29, 0.717) is 24.3 Å². The third-order valence-electron chi connectivity index (χ3n) is 4.84. The summed E-state index contributed by atoms with van der Waals surface area (Å²) in [4.78, 5) is 26.2. The Morgan fingerprint density at radius 2 is 1.93 bits per heavy atom. The van der Waals surface area contributed by atoms with Gasteiger partial charge in [-0.15, -0.1) is 0 Å². The van der Waals surface area contributed by atoms with Crippen molar-refractivity contribution in [3.05, 3.63) is 54.0 Å². The van der Waals surface area contributed by atoms with Crippen molar-refractivity contribution >= 4 is 38.2 Å². The molecule has 1 saturated heterocycles. The van der Waals surface area contributed by atoms with Crippen LogP contribution in [0.5, 0.6) is 0 Å². The van der Waals surface area contributed by atoms with Crippen LogP contribution in [0.1, 0.15) is 15.9 Å². The summed E-state index contributed by atoms with van der Waals surface area (Å²) in [6, 6.07) is 8.17. The molecule has 0 unspecified atom stereocenters. The zero-order chi connectivity index (χ0) is 18.4. The van der Waals surface area contributed by atoms with Crippen LogP contribution in [0.2, 0.25) is 0 Å². The number of nitrogens with zero attached hydrogens (tertiary/aromatic N) is 6. The number of carbonyl (C=O) groups excluding carboxylic acids is 1. The zero-order valence-electron chi connectivity index (χ0n) is 14.9. The van der Waals surface area contributed by atoms with E-state index in [0.717, 1.165) is 29.3 Å². The molecule has 136 valence electrons. The molecule has 0 aliphatic carbocycles. The summed E-state index contributed by atoms with van der Waals surface area (Å²) in [5.41, 5.74) is 3.21. The molecule has 8 heteroatoms. The van der Waals surface area contributed by atoms with Crippen LogP contribution in [0.4, 0.5) is 5.13 Å². The molecule has 7 nitrogen and oxygen atoms in total. The fraction of sp³-hybridized carbons (Fsp3) is 0.263. The van der Waals surface area contributed by atoms with Crippen molar-refractivity contribution in [2.45, 2.75) is 6.92 Å². The highest BCUT2D eigenvalue weighted by Gasteiger charge is 2.26. The molecule has 0 spiro atoms. The first kappa shape index (κ1) is 16.2. The Kier molecular flexibility index (Phi) is 3.78. The molecule has 1 amide bonds. The minimum atomic E-state index is -0.00898. The molecule has 1 aromatic carbocycles. The van der Waals surface area contributed by atoms with Gasteiger partial charge in [-0.2, -0.15) is 5.10 Å². The van der Waals surface area contributed by atoms with Crippen LogP contribution in [-0.2, 0) is 0 Å². The SMILES string of the molecule is Cc1cnc2c(C(=O)N3CCN(c4nc5ccccc5s4)CC3)cnn2c1. The van der Waals surface area contributed by atoms with E-state index in [1.807, 2.05) is 36.2 Å². The number of carbonyl (C=O) groups is 1. The fourth-order valence-corrected chi connectivity index (χ4v) is 4.40. The van der Waals surface area contributed by atoms with Crippen molar-refractivity contribution in [2.24, 2.45) is 0 Å². The van der Waals surface area contributed by atoms with Gasteiger partial charge >= 0.3 is 0 Å². The van der Waals surface area contributed by atoms with Gasteiger partial charge in [-0.05, 0) is 24.6 Å². The van der Waals surface area contributed by atoms with E-state index < -0.39 is 0 Å². The number of aryl methyl sites for hydroxylation is 1. The summed E-state index contributed by atoms with van der Waals surface area (Å²) in [6.07, 6.45) is 5.26. The van der Waals surface area contributed by atoms with Crippen LogP contribution in [-0.4, -0.2) is 56.6 Å². The highest BCUT2D eigenvalue weighted by Crippen LogP contribution is 2.29. The van der Waals surface area contributed by atoms with Crippen molar-refractivity contribution in [3.63, 3.8) is 0 Å². The lowest BCUT2D eigenvalue weighted by Crippen LogP contribution is -2.48. The van der Waals surface area contributed by atoms with E-state index >= 15 is 0 Å². The molecule has 3 aromatic heterocycles. The average Bonchev–Trinajstić information content (AvgIpc) is 3.31. The van der Waals surface area contributed by atoms with Crippen molar-refractivity contribution in [1.82, 2.24) is 24.5 Å². The van der Waals surface area contributed by atoms with Crippen LogP contribution in [0, 0.1) is 6.92 Å². The Hall–Kier alpha value is -3.00. The van der Waals surface area contributed by atoms with E-state index in [2.05, 4.69) is 21.0 Å². The van der Waals surface area contributed by atoms with Gasteiger partial charge in [0.1, 0.15) is 5.56 Å².